The van der Waals surface area contributed by atoms with Gasteiger partial charge in [-0.25, -0.2) is 0 Å². The molecule has 1 N–H and O–H groups in total. The standard InChI is InChI=1S/C15H22N2O/c1-2-17-8-4-6-13(11-17)18-15-7-3-5-12-9-16-10-14(12)15/h3,5,7,13,16H,2,4,6,8-11H2,1H3. The zero-order valence-electron chi connectivity index (χ0n) is 11.1. The summed E-state index contributed by atoms with van der Waals surface area (Å²) in [7, 11) is 0. The Morgan fingerprint density at radius 1 is 1.39 bits per heavy atom. The van der Waals surface area contributed by atoms with E-state index in [2.05, 4.69) is 35.3 Å². The van der Waals surface area contributed by atoms with Gasteiger partial charge in [-0.05, 0) is 37.6 Å². The lowest BCUT2D eigenvalue weighted by atomic mass is 10.1. The first kappa shape index (κ1) is 12.0. The second-order valence-corrected chi connectivity index (χ2v) is 5.27. The van der Waals surface area contributed by atoms with E-state index in [1.54, 1.807) is 0 Å². The molecule has 0 radical (unpaired) electrons. The fourth-order valence-corrected chi connectivity index (χ4v) is 2.99. The molecule has 3 rings (SSSR count). The van der Waals surface area contributed by atoms with E-state index in [9.17, 15) is 0 Å². The van der Waals surface area contributed by atoms with Gasteiger partial charge in [0.2, 0.25) is 0 Å². The number of benzene rings is 1. The Balaban J connectivity index is 1.71. The maximum Gasteiger partial charge on any atom is 0.124 e. The maximum absolute atomic E-state index is 6.25. The zero-order valence-corrected chi connectivity index (χ0v) is 11.1. The van der Waals surface area contributed by atoms with E-state index >= 15 is 0 Å². The molecule has 98 valence electrons. The Morgan fingerprint density at radius 3 is 3.22 bits per heavy atom. The molecule has 2 aliphatic rings. The molecule has 3 nitrogen and oxygen atoms in total. The first-order valence-electron chi connectivity index (χ1n) is 7.07. The largest absolute Gasteiger partial charge is 0.489 e. The second-order valence-electron chi connectivity index (χ2n) is 5.27. The molecule has 2 aliphatic heterocycles. The summed E-state index contributed by atoms with van der Waals surface area (Å²) in [5, 5.41) is 3.39. The number of hydrogen-bond donors (Lipinski definition) is 1. The highest BCUT2D eigenvalue weighted by atomic mass is 16.5. The minimum atomic E-state index is 0.366. The van der Waals surface area contributed by atoms with E-state index < -0.39 is 0 Å². The maximum atomic E-state index is 6.25. The van der Waals surface area contributed by atoms with Crippen LogP contribution in [0.2, 0.25) is 0 Å². The highest BCUT2D eigenvalue weighted by Crippen LogP contribution is 2.28. The van der Waals surface area contributed by atoms with Crippen LogP contribution in [0.15, 0.2) is 18.2 Å². The second kappa shape index (κ2) is 5.29. The molecule has 1 atom stereocenters. The van der Waals surface area contributed by atoms with E-state index in [1.165, 1.54) is 30.5 Å². The molecular formula is C15H22N2O. The molecule has 0 aromatic heterocycles. The molecule has 1 unspecified atom stereocenters. The van der Waals surface area contributed by atoms with Crippen molar-refractivity contribution in [3.8, 4) is 5.75 Å². The summed E-state index contributed by atoms with van der Waals surface area (Å²) < 4.78 is 6.25. The van der Waals surface area contributed by atoms with E-state index in [0.29, 0.717) is 6.10 Å². The minimum absolute atomic E-state index is 0.366. The summed E-state index contributed by atoms with van der Waals surface area (Å²) in [4.78, 5) is 2.48. The van der Waals surface area contributed by atoms with Crippen molar-refractivity contribution in [1.82, 2.24) is 10.2 Å². The number of nitrogens with one attached hydrogen (secondary N) is 1. The topological polar surface area (TPSA) is 24.5 Å². The van der Waals surface area contributed by atoms with Crippen molar-refractivity contribution in [1.29, 1.82) is 0 Å². The molecule has 0 bridgehead atoms. The van der Waals surface area contributed by atoms with Crippen LogP contribution < -0.4 is 10.1 Å². The summed E-state index contributed by atoms with van der Waals surface area (Å²) in [6.45, 7) is 7.60. The molecule has 2 heterocycles. The van der Waals surface area contributed by atoms with Crippen LogP contribution in [-0.2, 0) is 13.1 Å². The Kier molecular flexibility index (Phi) is 3.52. The first-order chi connectivity index (χ1) is 8.86. The predicted molar refractivity (Wildman–Crippen MR) is 72.7 cm³/mol. The monoisotopic (exact) mass is 246 g/mol. The minimum Gasteiger partial charge on any atom is -0.489 e. The van der Waals surface area contributed by atoms with Gasteiger partial charge >= 0.3 is 0 Å². The molecule has 1 aromatic rings. The van der Waals surface area contributed by atoms with Gasteiger partial charge in [-0.2, -0.15) is 0 Å². The number of fused-ring (bicyclic) bond motifs is 1. The van der Waals surface area contributed by atoms with Crippen LogP contribution in [-0.4, -0.2) is 30.6 Å². The molecule has 0 aliphatic carbocycles. The molecule has 0 spiro atoms. The number of ether oxygens (including phenoxy) is 1. The molecule has 18 heavy (non-hydrogen) atoms. The van der Waals surface area contributed by atoms with E-state index in [1.807, 2.05) is 0 Å². The number of hydrogen-bond acceptors (Lipinski definition) is 3. The van der Waals surface area contributed by atoms with Gasteiger partial charge in [0.15, 0.2) is 0 Å². The van der Waals surface area contributed by atoms with Crippen molar-refractivity contribution in [2.45, 2.75) is 39.0 Å². The molecule has 0 saturated carbocycles. The van der Waals surface area contributed by atoms with Crippen molar-refractivity contribution >= 4 is 0 Å². The van der Waals surface area contributed by atoms with E-state index in [4.69, 9.17) is 4.74 Å². The number of rotatable bonds is 3. The average molecular weight is 246 g/mol. The highest BCUT2D eigenvalue weighted by Gasteiger charge is 2.22. The molecule has 1 aromatic carbocycles. The van der Waals surface area contributed by atoms with Crippen LogP contribution in [0.25, 0.3) is 0 Å². The Morgan fingerprint density at radius 2 is 2.33 bits per heavy atom. The van der Waals surface area contributed by atoms with Crippen molar-refractivity contribution in [3.63, 3.8) is 0 Å². The Hall–Kier alpha value is -1.06. The third-order valence-corrected chi connectivity index (χ3v) is 4.05. The summed E-state index contributed by atoms with van der Waals surface area (Å²) in [6, 6.07) is 6.43. The number of piperidine rings is 1. The molecule has 0 amide bonds. The van der Waals surface area contributed by atoms with Crippen LogP contribution in [0.5, 0.6) is 5.75 Å². The normalized spacial score (nSPS) is 23.9. The van der Waals surface area contributed by atoms with Gasteiger partial charge in [0, 0.05) is 25.2 Å². The quantitative estimate of drug-likeness (QED) is 0.884. The van der Waals surface area contributed by atoms with Crippen LogP contribution >= 0.6 is 0 Å². The summed E-state index contributed by atoms with van der Waals surface area (Å²) >= 11 is 0. The molecular weight excluding hydrogens is 224 g/mol. The van der Waals surface area contributed by atoms with Gasteiger partial charge in [-0.1, -0.05) is 19.1 Å². The van der Waals surface area contributed by atoms with Gasteiger partial charge in [0.1, 0.15) is 11.9 Å². The van der Waals surface area contributed by atoms with Gasteiger partial charge in [0.05, 0.1) is 0 Å². The fourth-order valence-electron chi connectivity index (χ4n) is 2.99. The highest BCUT2D eigenvalue weighted by molar-refractivity contribution is 5.42. The van der Waals surface area contributed by atoms with Gasteiger partial charge in [0.25, 0.3) is 0 Å². The summed E-state index contributed by atoms with van der Waals surface area (Å²) in [6.07, 6.45) is 2.81. The summed E-state index contributed by atoms with van der Waals surface area (Å²) in [5.41, 5.74) is 2.77. The smallest absolute Gasteiger partial charge is 0.124 e. The lowest BCUT2D eigenvalue weighted by Crippen LogP contribution is -2.40. The SMILES string of the molecule is CCN1CCCC(Oc2cccc3c2CNC3)C1. The van der Waals surface area contributed by atoms with Crippen molar-refractivity contribution < 1.29 is 4.74 Å². The predicted octanol–water partition coefficient (Wildman–Crippen LogP) is 2.15. The molecule has 1 saturated heterocycles. The average Bonchev–Trinajstić information content (AvgIpc) is 2.88. The van der Waals surface area contributed by atoms with Crippen LogP contribution in [0, 0.1) is 0 Å². The Labute approximate surface area is 109 Å². The number of likely N-dealkylation sites (N-methyl/N-ethyl adjacent to an activating group) is 1. The van der Waals surface area contributed by atoms with Gasteiger partial charge in [-0.15, -0.1) is 0 Å². The lowest BCUT2D eigenvalue weighted by molar-refractivity contribution is 0.0912. The lowest BCUT2D eigenvalue weighted by Gasteiger charge is -2.32. The molecule has 3 heteroatoms. The van der Waals surface area contributed by atoms with E-state index in [0.717, 1.165) is 31.9 Å². The van der Waals surface area contributed by atoms with Gasteiger partial charge in [-0.3, -0.25) is 4.90 Å². The fraction of sp³-hybridized carbons (Fsp3) is 0.600. The van der Waals surface area contributed by atoms with Gasteiger partial charge < -0.3 is 10.1 Å². The van der Waals surface area contributed by atoms with Crippen molar-refractivity contribution in [2.24, 2.45) is 0 Å². The number of likely N-dealkylation sites (tertiary alicyclic amines) is 1. The van der Waals surface area contributed by atoms with Crippen molar-refractivity contribution in [3.05, 3.63) is 29.3 Å². The van der Waals surface area contributed by atoms with Crippen LogP contribution in [0.3, 0.4) is 0 Å². The van der Waals surface area contributed by atoms with Crippen molar-refractivity contribution in [2.75, 3.05) is 19.6 Å². The van der Waals surface area contributed by atoms with E-state index in [-0.39, 0.29) is 0 Å². The third kappa shape index (κ3) is 2.38. The summed E-state index contributed by atoms with van der Waals surface area (Å²) in [5.74, 6) is 1.10. The zero-order chi connectivity index (χ0) is 12.4. The van der Waals surface area contributed by atoms with Crippen LogP contribution in [0.4, 0.5) is 0 Å². The van der Waals surface area contributed by atoms with Crippen LogP contribution in [0.1, 0.15) is 30.9 Å². The Bertz CT molecular complexity index is 419. The number of nitrogens with zero attached hydrogens (tertiary/aromatic N) is 1. The molecule has 1 fully saturated rings. The third-order valence-electron chi connectivity index (χ3n) is 4.05. The first-order valence-corrected chi connectivity index (χ1v) is 7.07.